The number of carbonyl (C=O) groups excluding carboxylic acids is 2. The molecule has 2 heterocycles. The maximum Gasteiger partial charge on any atom is 0.242 e. The maximum absolute atomic E-state index is 12.5. The Bertz CT molecular complexity index is 1100. The van der Waals surface area contributed by atoms with Gasteiger partial charge in [0, 0.05) is 24.1 Å². The number of hydrogen-bond acceptors (Lipinski definition) is 4. The lowest BCUT2D eigenvalue weighted by molar-refractivity contribution is -0.126. The van der Waals surface area contributed by atoms with E-state index in [1.807, 2.05) is 30.3 Å². The predicted octanol–water partition coefficient (Wildman–Crippen LogP) is 3.71. The summed E-state index contributed by atoms with van der Waals surface area (Å²) in [6.45, 7) is 0. The van der Waals surface area contributed by atoms with Crippen LogP contribution in [0.2, 0.25) is 10.0 Å². The minimum absolute atomic E-state index is 0.00535. The van der Waals surface area contributed by atoms with Gasteiger partial charge < -0.3 is 11.1 Å². The Morgan fingerprint density at radius 3 is 2.69 bits per heavy atom. The van der Waals surface area contributed by atoms with E-state index in [0.717, 1.165) is 11.3 Å². The molecule has 0 fully saturated rings. The Hall–Kier alpha value is -3.03. The van der Waals surface area contributed by atoms with Crippen LogP contribution in [0.4, 0.5) is 11.6 Å². The van der Waals surface area contributed by atoms with E-state index in [2.05, 4.69) is 15.7 Å². The summed E-state index contributed by atoms with van der Waals surface area (Å²) < 4.78 is 1.48. The molecule has 1 unspecified atom stereocenters. The Labute approximate surface area is 176 Å². The van der Waals surface area contributed by atoms with Crippen molar-refractivity contribution >= 4 is 46.7 Å². The highest BCUT2D eigenvalue weighted by Crippen LogP contribution is 2.31. The van der Waals surface area contributed by atoms with Gasteiger partial charge in [-0.15, -0.1) is 0 Å². The minimum Gasteiger partial charge on any atom is -0.368 e. The normalized spacial score (nSPS) is 15.5. The van der Waals surface area contributed by atoms with Gasteiger partial charge in [-0.1, -0.05) is 53.5 Å². The molecule has 1 atom stereocenters. The average Bonchev–Trinajstić information content (AvgIpc) is 3.01. The molecule has 0 radical (unpaired) electrons. The molecular weight excluding hydrogens is 413 g/mol. The molecule has 3 aromatic rings. The zero-order valence-corrected chi connectivity index (χ0v) is 16.7. The van der Waals surface area contributed by atoms with Gasteiger partial charge in [-0.3, -0.25) is 15.0 Å². The first-order valence-corrected chi connectivity index (χ1v) is 9.66. The quantitative estimate of drug-likeness (QED) is 0.587. The van der Waals surface area contributed by atoms with E-state index < -0.39 is 5.92 Å². The number of halogens is 2. The van der Waals surface area contributed by atoms with Crippen molar-refractivity contribution in [2.75, 3.05) is 16.5 Å². The molecule has 0 bridgehead atoms. The lowest BCUT2D eigenvalue weighted by Crippen LogP contribution is -2.39. The summed E-state index contributed by atoms with van der Waals surface area (Å²) >= 11 is 11.9. The van der Waals surface area contributed by atoms with Gasteiger partial charge in [0.1, 0.15) is 0 Å². The van der Waals surface area contributed by atoms with Crippen molar-refractivity contribution in [3.63, 3.8) is 0 Å². The van der Waals surface area contributed by atoms with Gasteiger partial charge in [0.2, 0.25) is 17.8 Å². The van der Waals surface area contributed by atoms with E-state index in [4.69, 9.17) is 28.9 Å². The van der Waals surface area contributed by atoms with Crippen molar-refractivity contribution in [1.82, 2.24) is 9.66 Å². The van der Waals surface area contributed by atoms with E-state index >= 15 is 0 Å². The number of hydrogen-bond donors (Lipinski definition) is 3. The number of anilines is 2. The van der Waals surface area contributed by atoms with Crippen LogP contribution in [0.15, 0.2) is 48.5 Å². The molecule has 1 aliphatic rings. The van der Waals surface area contributed by atoms with Crippen LogP contribution in [-0.4, -0.2) is 21.5 Å². The number of amides is 2. The number of aromatic nitrogens is 2. The molecule has 29 heavy (non-hydrogen) atoms. The molecule has 0 saturated carbocycles. The number of fused-ring (bicyclic) bond motifs is 1. The first-order valence-electron chi connectivity index (χ1n) is 8.90. The molecule has 0 spiro atoms. The van der Waals surface area contributed by atoms with Crippen molar-refractivity contribution in [2.24, 2.45) is 5.92 Å². The topological polar surface area (TPSA) is 102 Å². The Morgan fingerprint density at radius 2 is 1.97 bits per heavy atom. The van der Waals surface area contributed by atoms with Crippen molar-refractivity contribution in [3.05, 3.63) is 64.3 Å². The number of nitrogens with two attached hydrogens (primary N) is 1. The van der Waals surface area contributed by atoms with Crippen LogP contribution in [0, 0.1) is 5.92 Å². The number of carbonyl (C=O) groups is 2. The fourth-order valence-corrected chi connectivity index (χ4v) is 3.61. The molecular formula is C20H17Cl2N5O2. The van der Waals surface area contributed by atoms with Crippen molar-refractivity contribution in [2.45, 2.75) is 12.8 Å². The Kier molecular flexibility index (Phi) is 5.17. The molecule has 9 heteroatoms. The fourth-order valence-electron chi connectivity index (χ4n) is 3.32. The lowest BCUT2D eigenvalue weighted by atomic mass is 9.94. The third-order valence-electron chi connectivity index (χ3n) is 4.71. The second-order valence-corrected chi connectivity index (χ2v) is 7.54. The number of nitrogen functional groups attached to an aromatic ring is 1. The fraction of sp³-hybridized carbons (Fsp3) is 0.150. The molecule has 0 saturated heterocycles. The molecule has 2 aromatic carbocycles. The predicted molar refractivity (Wildman–Crippen MR) is 113 cm³/mol. The van der Waals surface area contributed by atoms with Gasteiger partial charge in [0.15, 0.2) is 0 Å². The monoisotopic (exact) mass is 429 g/mol. The molecule has 7 nitrogen and oxygen atoms in total. The summed E-state index contributed by atoms with van der Waals surface area (Å²) in [5, 5.41) is 3.48. The minimum atomic E-state index is -0.552. The van der Waals surface area contributed by atoms with E-state index in [-0.39, 0.29) is 24.2 Å². The Morgan fingerprint density at radius 1 is 1.21 bits per heavy atom. The van der Waals surface area contributed by atoms with Gasteiger partial charge in [-0.2, -0.15) is 0 Å². The summed E-state index contributed by atoms with van der Waals surface area (Å²) in [5.74, 6) is -0.939. The Balaban J connectivity index is 1.53. The summed E-state index contributed by atoms with van der Waals surface area (Å²) in [6, 6.07) is 14.4. The molecule has 0 aliphatic carbocycles. The van der Waals surface area contributed by atoms with Crippen LogP contribution in [0.5, 0.6) is 0 Å². The third kappa shape index (κ3) is 3.92. The van der Waals surface area contributed by atoms with Gasteiger partial charge >= 0.3 is 0 Å². The van der Waals surface area contributed by atoms with Crippen LogP contribution in [0.3, 0.4) is 0 Å². The second-order valence-electron chi connectivity index (χ2n) is 6.73. The first-order chi connectivity index (χ1) is 13.9. The van der Waals surface area contributed by atoms with E-state index in [0.29, 0.717) is 27.8 Å². The smallest absolute Gasteiger partial charge is 0.242 e. The van der Waals surface area contributed by atoms with Gasteiger partial charge in [-0.05, 0) is 18.2 Å². The van der Waals surface area contributed by atoms with Crippen molar-refractivity contribution < 1.29 is 9.59 Å². The lowest BCUT2D eigenvalue weighted by Gasteiger charge is -2.24. The van der Waals surface area contributed by atoms with Crippen molar-refractivity contribution in [1.29, 1.82) is 0 Å². The van der Waals surface area contributed by atoms with Crippen LogP contribution in [0.25, 0.3) is 11.3 Å². The molecule has 1 aromatic heterocycles. The average molecular weight is 430 g/mol. The van der Waals surface area contributed by atoms with Crippen LogP contribution >= 0.6 is 23.2 Å². The number of rotatable bonds is 4. The molecule has 2 amide bonds. The summed E-state index contributed by atoms with van der Waals surface area (Å²) in [7, 11) is 0. The maximum atomic E-state index is 12.5. The largest absolute Gasteiger partial charge is 0.368 e. The third-order valence-corrected chi connectivity index (χ3v) is 5.45. The van der Waals surface area contributed by atoms with Gasteiger partial charge in [0.25, 0.3) is 0 Å². The van der Waals surface area contributed by atoms with Crippen LogP contribution in [-0.2, 0) is 16.0 Å². The highest BCUT2D eigenvalue weighted by atomic mass is 35.5. The van der Waals surface area contributed by atoms with E-state index in [1.165, 1.54) is 4.68 Å². The first kappa shape index (κ1) is 19.3. The van der Waals surface area contributed by atoms with Gasteiger partial charge in [-0.25, -0.2) is 9.66 Å². The number of imidazole rings is 1. The number of nitrogens with one attached hydrogen (secondary N) is 2. The molecule has 1 aliphatic heterocycles. The molecule has 4 rings (SSSR count). The highest BCUT2D eigenvalue weighted by molar-refractivity contribution is 6.42. The molecule has 4 N–H and O–H groups in total. The standard InChI is InChI=1S/C20H17Cl2N5O2/c21-14-7-6-13(10-15(14)22)24-17(28)9-12-8-16-18(11-4-2-1-3-5-11)25-20(23)27(16)26-19(12)29/h1-7,10,12H,8-9H2,(H2,23,25)(H,24,28)(H,26,29). The zero-order valence-electron chi connectivity index (χ0n) is 15.2. The van der Waals surface area contributed by atoms with Crippen molar-refractivity contribution in [3.8, 4) is 11.3 Å². The summed E-state index contributed by atoms with van der Waals surface area (Å²) in [6.07, 6.45) is 0.348. The van der Waals surface area contributed by atoms with Gasteiger partial charge in [0.05, 0.1) is 27.4 Å². The number of benzene rings is 2. The summed E-state index contributed by atoms with van der Waals surface area (Å²) in [5.41, 5.74) is 11.6. The summed E-state index contributed by atoms with van der Waals surface area (Å²) in [4.78, 5) is 29.4. The second kappa shape index (κ2) is 7.77. The van der Waals surface area contributed by atoms with Crippen LogP contribution < -0.4 is 16.5 Å². The highest BCUT2D eigenvalue weighted by Gasteiger charge is 2.32. The number of nitrogens with zero attached hydrogens (tertiary/aromatic N) is 2. The molecule has 148 valence electrons. The zero-order chi connectivity index (χ0) is 20.5. The van der Waals surface area contributed by atoms with E-state index in [1.54, 1.807) is 18.2 Å². The van der Waals surface area contributed by atoms with Crippen LogP contribution in [0.1, 0.15) is 12.1 Å². The van der Waals surface area contributed by atoms with E-state index in [9.17, 15) is 9.59 Å². The SMILES string of the molecule is Nc1nc(-c2ccccc2)c2n1NC(=O)C(CC(=O)Nc1ccc(Cl)c(Cl)c1)C2.